The predicted octanol–water partition coefficient (Wildman–Crippen LogP) is 4.26. The van der Waals surface area contributed by atoms with Gasteiger partial charge in [0.25, 0.3) is 0 Å². The number of hydrogen-bond donors (Lipinski definition) is 1. The Labute approximate surface area is 116 Å². The molecule has 2 rings (SSSR count). The third-order valence-corrected chi connectivity index (χ3v) is 3.35. The van der Waals surface area contributed by atoms with E-state index in [-0.39, 0.29) is 16.7 Å². The summed E-state index contributed by atoms with van der Waals surface area (Å²) < 4.78 is 41.4. The van der Waals surface area contributed by atoms with Crippen LogP contribution in [0, 0.1) is 24.4 Å². The number of benzene rings is 2. The van der Waals surface area contributed by atoms with Gasteiger partial charge in [-0.15, -0.1) is 0 Å². The lowest BCUT2D eigenvalue weighted by Crippen LogP contribution is -2.07. The highest BCUT2D eigenvalue weighted by atomic mass is 79.9. The van der Waals surface area contributed by atoms with Crippen LogP contribution in [0.3, 0.4) is 0 Å². The molecule has 1 atom stereocenters. The van der Waals surface area contributed by atoms with Gasteiger partial charge in [-0.25, -0.2) is 13.2 Å². The largest absolute Gasteiger partial charge is 0.383 e. The summed E-state index contributed by atoms with van der Waals surface area (Å²) in [5, 5.41) is 10.0. The fraction of sp³-hybridized carbons (Fsp3) is 0.143. The van der Waals surface area contributed by atoms with Gasteiger partial charge in [0.05, 0.1) is 0 Å². The third kappa shape index (κ3) is 2.67. The minimum Gasteiger partial charge on any atom is -0.383 e. The van der Waals surface area contributed by atoms with Crippen LogP contribution >= 0.6 is 15.9 Å². The summed E-state index contributed by atoms with van der Waals surface area (Å²) in [4.78, 5) is 0. The normalized spacial score (nSPS) is 12.5. The van der Waals surface area contributed by atoms with Gasteiger partial charge in [-0.05, 0) is 30.7 Å². The third-order valence-electron chi connectivity index (χ3n) is 2.85. The zero-order valence-electron chi connectivity index (χ0n) is 9.92. The topological polar surface area (TPSA) is 20.2 Å². The molecule has 0 saturated carbocycles. The van der Waals surface area contributed by atoms with Crippen molar-refractivity contribution in [1.82, 2.24) is 0 Å². The van der Waals surface area contributed by atoms with Gasteiger partial charge in [0, 0.05) is 15.6 Å². The van der Waals surface area contributed by atoms with Gasteiger partial charge in [-0.3, -0.25) is 0 Å². The van der Waals surface area contributed by atoms with Crippen molar-refractivity contribution in [2.24, 2.45) is 0 Å². The summed E-state index contributed by atoms with van der Waals surface area (Å²) in [5.74, 6) is -2.88. The second kappa shape index (κ2) is 5.35. The van der Waals surface area contributed by atoms with Crippen molar-refractivity contribution in [3.05, 3.63) is 68.9 Å². The molecule has 0 aromatic heterocycles. The van der Waals surface area contributed by atoms with Gasteiger partial charge < -0.3 is 5.11 Å². The van der Waals surface area contributed by atoms with Crippen LogP contribution in [0.4, 0.5) is 13.2 Å². The fourth-order valence-electron chi connectivity index (χ4n) is 1.76. The molecule has 0 spiro atoms. The van der Waals surface area contributed by atoms with Gasteiger partial charge in [0.2, 0.25) is 0 Å². The first-order valence-electron chi connectivity index (χ1n) is 5.49. The molecule has 100 valence electrons. The Hall–Kier alpha value is -1.33. The lowest BCUT2D eigenvalue weighted by atomic mass is 9.99. The molecule has 0 amide bonds. The fourth-order valence-corrected chi connectivity index (χ4v) is 2.14. The number of aliphatic hydroxyl groups excluding tert-OH is 1. The zero-order chi connectivity index (χ0) is 14.2. The van der Waals surface area contributed by atoms with E-state index in [1.165, 1.54) is 31.2 Å². The Morgan fingerprint density at radius 2 is 1.68 bits per heavy atom. The molecular weight excluding hydrogens is 321 g/mol. The standard InChI is InChI=1S/C14H10BrF3O/c1-7-2-4-9(13(18)12(7)17)14(19)10-6-8(15)3-5-11(10)16/h2-6,14,19H,1H3. The summed E-state index contributed by atoms with van der Waals surface area (Å²) in [5.41, 5.74) is -0.278. The molecule has 2 aromatic rings. The minimum atomic E-state index is -1.56. The summed E-state index contributed by atoms with van der Waals surface area (Å²) in [6.45, 7) is 1.41. The van der Waals surface area contributed by atoms with Crippen LogP contribution in [0.2, 0.25) is 0 Å². The second-order valence-corrected chi connectivity index (χ2v) is 5.08. The first-order chi connectivity index (χ1) is 8.91. The molecule has 0 heterocycles. The number of rotatable bonds is 2. The van der Waals surface area contributed by atoms with Crippen LogP contribution in [-0.4, -0.2) is 5.11 Å². The molecule has 0 bridgehead atoms. The van der Waals surface area contributed by atoms with E-state index in [1.807, 2.05) is 0 Å². The number of aryl methyl sites for hydroxylation is 1. The lowest BCUT2D eigenvalue weighted by molar-refractivity contribution is 0.208. The smallest absolute Gasteiger partial charge is 0.165 e. The Morgan fingerprint density at radius 1 is 1.00 bits per heavy atom. The van der Waals surface area contributed by atoms with E-state index in [0.29, 0.717) is 4.47 Å². The molecule has 19 heavy (non-hydrogen) atoms. The monoisotopic (exact) mass is 330 g/mol. The Morgan fingerprint density at radius 3 is 2.37 bits per heavy atom. The first-order valence-corrected chi connectivity index (χ1v) is 6.28. The molecule has 1 unspecified atom stereocenters. The molecule has 0 radical (unpaired) electrons. The summed E-state index contributed by atoms with van der Waals surface area (Å²) in [7, 11) is 0. The van der Waals surface area contributed by atoms with E-state index in [2.05, 4.69) is 15.9 Å². The summed E-state index contributed by atoms with van der Waals surface area (Å²) >= 11 is 3.14. The van der Waals surface area contributed by atoms with Crippen molar-refractivity contribution >= 4 is 15.9 Å². The van der Waals surface area contributed by atoms with Crippen LogP contribution in [0.5, 0.6) is 0 Å². The average Bonchev–Trinajstić information content (AvgIpc) is 2.38. The Kier molecular flexibility index (Phi) is 3.96. The van der Waals surface area contributed by atoms with Gasteiger partial charge in [-0.2, -0.15) is 0 Å². The molecule has 1 nitrogen and oxygen atoms in total. The highest BCUT2D eigenvalue weighted by Crippen LogP contribution is 2.30. The van der Waals surface area contributed by atoms with Crippen molar-refractivity contribution in [1.29, 1.82) is 0 Å². The molecule has 1 N–H and O–H groups in total. The maximum atomic E-state index is 13.8. The lowest BCUT2D eigenvalue weighted by Gasteiger charge is -2.14. The van der Waals surface area contributed by atoms with Gasteiger partial charge in [0.15, 0.2) is 11.6 Å². The van der Waals surface area contributed by atoms with Crippen LogP contribution in [0.1, 0.15) is 22.8 Å². The van der Waals surface area contributed by atoms with Gasteiger partial charge in [-0.1, -0.05) is 28.1 Å². The first kappa shape index (κ1) is 14.1. The molecular formula is C14H10BrF3O. The van der Waals surface area contributed by atoms with Crippen LogP contribution in [0.25, 0.3) is 0 Å². The maximum absolute atomic E-state index is 13.8. The second-order valence-electron chi connectivity index (χ2n) is 4.17. The van der Waals surface area contributed by atoms with E-state index in [1.54, 1.807) is 0 Å². The van der Waals surface area contributed by atoms with Gasteiger partial charge >= 0.3 is 0 Å². The van der Waals surface area contributed by atoms with E-state index in [0.717, 1.165) is 6.07 Å². The summed E-state index contributed by atoms with van der Waals surface area (Å²) in [6, 6.07) is 6.52. The quantitative estimate of drug-likeness (QED) is 0.872. The zero-order valence-corrected chi connectivity index (χ0v) is 11.5. The molecule has 0 aliphatic carbocycles. The molecule has 0 aliphatic heterocycles. The molecule has 2 aromatic carbocycles. The van der Waals surface area contributed by atoms with Crippen LogP contribution in [0.15, 0.2) is 34.8 Å². The maximum Gasteiger partial charge on any atom is 0.165 e. The highest BCUT2D eigenvalue weighted by Gasteiger charge is 2.21. The number of halogens is 4. The predicted molar refractivity (Wildman–Crippen MR) is 69.3 cm³/mol. The van der Waals surface area contributed by atoms with Crippen molar-refractivity contribution in [2.45, 2.75) is 13.0 Å². The van der Waals surface area contributed by atoms with Crippen molar-refractivity contribution in [2.75, 3.05) is 0 Å². The molecule has 0 aliphatic rings. The SMILES string of the molecule is Cc1ccc(C(O)c2cc(Br)ccc2F)c(F)c1F. The van der Waals surface area contributed by atoms with Crippen molar-refractivity contribution in [3.63, 3.8) is 0 Å². The van der Waals surface area contributed by atoms with E-state index in [9.17, 15) is 18.3 Å². The van der Waals surface area contributed by atoms with Crippen LogP contribution in [-0.2, 0) is 0 Å². The van der Waals surface area contributed by atoms with E-state index < -0.39 is 23.6 Å². The van der Waals surface area contributed by atoms with Gasteiger partial charge in [0.1, 0.15) is 11.9 Å². The summed E-state index contributed by atoms with van der Waals surface area (Å²) in [6.07, 6.45) is -1.56. The number of hydrogen-bond acceptors (Lipinski definition) is 1. The number of aliphatic hydroxyl groups is 1. The van der Waals surface area contributed by atoms with E-state index in [4.69, 9.17) is 0 Å². The Bertz CT molecular complexity index is 628. The molecule has 0 fully saturated rings. The van der Waals surface area contributed by atoms with E-state index >= 15 is 0 Å². The van der Waals surface area contributed by atoms with Crippen LogP contribution < -0.4 is 0 Å². The average molecular weight is 331 g/mol. The van der Waals surface area contributed by atoms with Crippen molar-refractivity contribution in [3.8, 4) is 0 Å². The highest BCUT2D eigenvalue weighted by molar-refractivity contribution is 9.10. The molecule has 5 heteroatoms. The minimum absolute atomic E-state index is 0.114. The molecule has 0 saturated heterocycles. The van der Waals surface area contributed by atoms with Crippen molar-refractivity contribution < 1.29 is 18.3 Å². The Balaban J connectivity index is 2.53.